The number of aliphatic hydroxyl groups is 1. The fraction of sp³-hybridized carbons (Fsp3) is 0.273. The van der Waals surface area contributed by atoms with Gasteiger partial charge in [-0.2, -0.15) is 0 Å². The molecule has 10 heteroatoms. The third-order valence-corrected chi connectivity index (χ3v) is 5.35. The average Bonchev–Trinajstić information content (AvgIpc) is 3.03. The van der Waals surface area contributed by atoms with Gasteiger partial charge in [0.15, 0.2) is 0 Å². The monoisotopic (exact) mass is 439 g/mol. The molecule has 1 atom stereocenters. The minimum atomic E-state index is -1.30. The van der Waals surface area contributed by atoms with E-state index in [2.05, 4.69) is 0 Å². The molecule has 4 rings (SSSR count). The number of anilines is 2. The van der Waals surface area contributed by atoms with Gasteiger partial charge < -0.3 is 19.8 Å². The Bertz CT molecular complexity index is 1030. The van der Waals surface area contributed by atoms with Gasteiger partial charge in [-0.15, -0.1) is 0 Å². The molecule has 10 nitrogen and oxygen atoms in total. The molecule has 2 aromatic carbocycles. The Morgan fingerprint density at radius 1 is 1.03 bits per heavy atom. The lowest BCUT2D eigenvalue weighted by atomic mass is 10.1. The summed E-state index contributed by atoms with van der Waals surface area (Å²) in [6, 6.07) is 12.6. The van der Waals surface area contributed by atoms with E-state index in [0.29, 0.717) is 18.8 Å². The van der Waals surface area contributed by atoms with E-state index >= 15 is 0 Å². The van der Waals surface area contributed by atoms with Crippen LogP contribution in [-0.4, -0.2) is 77.9 Å². The van der Waals surface area contributed by atoms with Gasteiger partial charge in [-0.1, -0.05) is 12.1 Å². The van der Waals surface area contributed by atoms with E-state index < -0.39 is 24.0 Å². The third-order valence-electron chi connectivity index (χ3n) is 5.35. The largest absolute Gasteiger partial charge is 0.465 e. The summed E-state index contributed by atoms with van der Waals surface area (Å²) in [5.74, 6) is -1.23. The summed E-state index contributed by atoms with van der Waals surface area (Å²) in [5.41, 5.74) is 1.41. The van der Waals surface area contributed by atoms with Crippen molar-refractivity contribution in [3.05, 3.63) is 59.7 Å². The van der Waals surface area contributed by atoms with E-state index in [9.17, 15) is 29.4 Å². The summed E-state index contributed by atoms with van der Waals surface area (Å²) in [6.07, 6.45) is -2.60. The van der Waals surface area contributed by atoms with E-state index in [4.69, 9.17) is 4.74 Å². The predicted molar refractivity (Wildman–Crippen MR) is 113 cm³/mol. The van der Waals surface area contributed by atoms with Crippen molar-refractivity contribution >= 4 is 35.2 Å². The van der Waals surface area contributed by atoms with Gasteiger partial charge >= 0.3 is 6.09 Å². The van der Waals surface area contributed by atoms with Crippen LogP contribution < -0.4 is 9.80 Å². The minimum Gasteiger partial charge on any atom is -0.465 e. The van der Waals surface area contributed by atoms with Crippen molar-refractivity contribution in [1.82, 2.24) is 4.90 Å². The Morgan fingerprint density at radius 3 is 2.22 bits per heavy atom. The van der Waals surface area contributed by atoms with Crippen LogP contribution >= 0.6 is 0 Å². The highest BCUT2D eigenvalue weighted by Gasteiger charge is 2.36. The van der Waals surface area contributed by atoms with Crippen LogP contribution in [0, 0.1) is 0 Å². The number of carbonyl (C=O) groups is 4. The molecule has 1 saturated heterocycles. The number of hydrogen-bond donors (Lipinski definition) is 2. The zero-order chi connectivity index (χ0) is 22.8. The molecule has 0 spiro atoms. The molecule has 2 heterocycles. The molecular weight excluding hydrogens is 418 g/mol. The maximum Gasteiger partial charge on any atom is 0.411 e. The summed E-state index contributed by atoms with van der Waals surface area (Å²) >= 11 is 0. The highest BCUT2D eigenvalue weighted by molar-refractivity contribution is 6.21. The quantitative estimate of drug-likeness (QED) is 0.647. The second-order valence-corrected chi connectivity index (χ2v) is 7.43. The lowest BCUT2D eigenvalue weighted by Crippen LogP contribution is -2.44. The molecule has 0 aliphatic carbocycles. The minimum absolute atomic E-state index is 0.00694. The zero-order valence-corrected chi connectivity index (χ0v) is 17.0. The number of aliphatic hydroxyl groups excluding tert-OH is 1. The fourth-order valence-corrected chi connectivity index (χ4v) is 3.78. The summed E-state index contributed by atoms with van der Waals surface area (Å²) in [5, 5.41) is 20.1. The first-order valence-electron chi connectivity index (χ1n) is 9.98. The maximum absolute atomic E-state index is 12.5. The topological polar surface area (TPSA) is 128 Å². The van der Waals surface area contributed by atoms with Crippen LogP contribution in [0.3, 0.4) is 0 Å². The number of rotatable bonds is 6. The molecule has 1 fully saturated rings. The Labute approximate surface area is 183 Å². The number of carbonyl (C=O) groups excluding carboxylic acids is 3. The molecule has 166 valence electrons. The van der Waals surface area contributed by atoms with Gasteiger partial charge in [0.1, 0.15) is 6.61 Å². The Kier molecular flexibility index (Phi) is 5.89. The summed E-state index contributed by atoms with van der Waals surface area (Å²) in [7, 11) is 0. The van der Waals surface area contributed by atoms with E-state index in [-0.39, 0.29) is 42.4 Å². The second-order valence-electron chi connectivity index (χ2n) is 7.43. The lowest BCUT2D eigenvalue weighted by molar-refractivity contribution is -0.125. The number of hydrogen-bond acceptors (Lipinski definition) is 6. The number of imide groups is 1. The number of benzene rings is 2. The highest BCUT2D eigenvalue weighted by Crippen LogP contribution is 2.25. The van der Waals surface area contributed by atoms with Crippen molar-refractivity contribution in [3.8, 4) is 0 Å². The van der Waals surface area contributed by atoms with Gasteiger partial charge in [-0.05, 0) is 36.4 Å². The van der Waals surface area contributed by atoms with Crippen molar-refractivity contribution in [2.24, 2.45) is 0 Å². The Balaban J connectivity index is 1.45. The van der Waals surface area contributed by atoms with E-state index in [1.54, 1.807) is 29.2 Å². The number of morpholine rings is 1. The smallest absolute Gasteiger partial charge is 0.411 e. The molecule has 4 amide bonds. The Morgan fingerprint density at radius 2 is 1.66 bits per heavy atom. The van der Waals surface area contributed by atoms with Crippen LogP contribution in [0.25, 0.3) is 0 Å². The second kappa shape index (κ2) is 8.77. The van der Waals surface area contributed by atoms with Crippen LogP contribution in [0.4, 0.5) is 16.2 Å². The average molecular weight is 439 g/mol. The maximum atomic E-state index is 12.5. The van der Waals surface area contributed by atoms with Crippen molar-refractivity contribution in [3.63, 3.8) is 0 Å². The predicted octanol–water partition coefficient (Wildman–Crippen LogP) is 1.19. The Hall–Kier alpha value is -3.76. The summed E-state index contributed by atoms with van der Waals surface area (Å²) < 4.78 is 5.10. The zero-order valence-electron chi connectivity index (χ0n) is 17.0. The number of amides is 4. The van der Waals surface area contributed by atoms with Crippen LogP contribution in [0.2, 0.25) is 0 Å². The summed E-state index contributed by atoms with van der Waals surface area (Å²) in [4.78, 5) is 52.1. The number of β-amino-alcohol motifs (C(OH)–C–C–N with tert-alkyl or cyclic N) is 1. The van der Waals surface area contributed by atoms with Gasteiger partial charge in [0.25, 0.3) is 17.7 Å². The van der Waals surface area contributed by atoms with Crippen LogP contribution in [0.15, 0.2) is 48.5 Å². The molecule has 2 aliphatic heterocycles. The molecular formula is C22H21N3O7. The van der Waals surface area contributed by atoms with Crippen LogP contribution in [0.5, 0.6) is 0 Å². The van der Waals surface area contributed by atoms with Gasteiger partial charge in [-0.25, -0.2) is 4.79 Å². The first-order valence-corrected chi connectivity index (χ1v) is 9.98. The number of ether oxygens (including phenoxy) is 1. The van der Waals surface area contributed by atoms with Gasteiger partial charge in [0.2, 0.25) is 0 Å². The van der Waals surface area contributed by atoms with Gasteiger partial charge in [0, 0.05) is 17.9 Å². The van der Waals surface area contributed by atoms with Crippen LogP contribution in [0.1, 0.15) is 20.7 Å². The molecule has 0 radical (unpaired) electrons. The van der Waals surface area contributed by atoms with Crippen molar-refractivity contribution < 1.29 is 34.1 Å². The normalized spacial score (nSPS) is 16.8. The molecule has 2 aromatic rings. The molecule has 0 bridgehead atoms. The standard InChI is InChI=1S/C22H21N3O7/c26-16(12-25-20(28)17-3-1-2-4-18(17)21(25)29)11-24(22(30)31)15-7-5-14(6-8-15)23-9-10-32-13-19(23)27/h1-8,16,26H,9-13H2,(H,30,31)/t16-/m0/s1. The molecule has 32 heavy (non-hydrogen) atoms. The third kappa shape index (κ3) is 4.05. The number of fused-ring (bicyclic) bond motifs is 1. The van der Waals surface area contributed by atoms with Crippen molar-refractivity contribution in [1.29, 1.82) is 0 Å². The van der Waals surface area contributed by atoms with Crippen LogP contribution in [-0.2, 0) is 9.53 Å². The molecule has 0 saturated carbocycles. The fourth-order valence-electron chi connectivity index (χ4n) is 3.78. The lowest BCUT2D eigenvalue weighted by Gasteiger charge is -2.28. The molecule has 0 aromatic heterocycles. The van der Waals surface area contributed by atoms with Crippen molar-refractivity contribution in [2.45, 2.75) is 6.10 Å². The van der Waals surface area contributed by atoms with E-state index in [0.717, 1.165) is 9.80 Å². The molecule has 0 unspecified atom stereocenters. The first-order chi connectivity index (χ1) is 15.4. The van der Waals surface area contributed by atoms with Gasteiger partial charge in [0.05, 0.1) is 36.9 Å². The number of carboxylic acid groups (broad SMARTS) is 1. The highest BCUT2D eigenvalue weighted by atomic mass is 16.5. The van der Waals surface area contributed by atoms with E-state index in [1.807, 2.05) is 0 Å². The SMILES string of the molecule is O=C1c2ccccc2C(=O)N1C[C@@H](O)CN(C(=O)O)c1ccc(N2CCOCC2=O)cc1. The molecule has 2 aliphatic rings. The molecule has 2 N–H and O–H groups in total. The van der Waals surface area contributed by atoms with E-state index in [1.165, 1.54) is 24.3 Å². The van der Waals surface area contributed by atoms with Crippen molar-refractivity contribution in [2.75, 3.05) is 42.6 Å². The van der Waals surface area contributed by atoms with Gasteiger partial charge in [-0.3, -0.25) is 24.2 Å². The number of nitrogens with zero attached hydrogens (tertiary/aromatic N) is 3. The first kappa shape index (κ1) is 21.5. The summed E-state index contributed by atoms with van der Waals surface area (Å²) in [6.45, 7) is 0.126.